The highest BCUT2D eigenvalue weighted by Crippen LogP contribution is 2.34. The van der Waals surface area contributed by atoms with Crippen LogP contribution >= 0.6 is 23.2 Å². The normalized spacial score (nSPS) is 13.3. The van der Waals surface area contributed by atoms with Gasteiger partial charge in [-0.1, -0.05) is 85.4 Å². The molecular weight excluding hydrogens is 793 g/mol. The Kier molecular flexibility index (Phi) is 17.1. The van der Waals surface area contributed by atoms with Gasteiger partial charge in [-0.15, -0.1) is 0 Å². The van der Waals surface area contributed by atoms with E-state index in [4.69, 9.17) is 28.9 Å². The van der Waals surface area contributed by atoms with Crippen LogP contribution in [0.3, 0.4) is 0 Å². The van der Waals surface area contributed by atoms with E-state index >= 15 is 0 Å². The lowest BCUT2D eigenvalue weighted by molar-refractivity contribution is -0.164. The van der Waals surface area contributed by atoms with Gasteiger partial charge in [-0.25, -0.2) is 8.78 Å². The van der Waals surface area contributed by atoms with E-state index in [0.717, 1.165) is 11.1 Å². The molecule has 0 aliphatic rings. The zero-order valence-electron chi connectivity index (χ0n) is 32.6. The second kappa shape index (κ2) is 20.8. The van der Waals surface area contributed by atoms with E-state index in [-0.39, 0.29) is 36.8 Å². The Hall–Kier alpha value is -4.75. The maximum atomic E-state index is 14.1. The van der Waals surface area contributed by atoms with Gasteiger partial charge in [0.1, 0.15) is 17.0 Å². The third kappa shape index (κ3) is 13.1. The first-order valence-corrected chi connectivity index (χ1v) is 19.3. The van der Waals surface area contributed by atoms with Crippen molar-refractivity contribution in [2.24, 2.45) is 28.4 Å². The zero-order valence-corrected chi connectivity index (χ0v) is 34.1. The van der Waals surface area contributed by atoms with Crippen molar-refractivity contribution in [3.05, 3.63) is 118 Å². The molecule has 4 rings (SSSR count). The summed E-state index contributed by atoms with van der Waals surface area (Å²) in [7, 11) is 0. The van der Waals surface area contributed by atoms with E-state index in [2.05, 4.69) is 0 Å². The van der Waals surface area contributed by atoms with Gasteiger partial charge in [0.25, 0.3) is 13.8 Å². The minimum atomic E-state index is -1.94. The van der Waals surface area contributed by atoms with Crippen molar-refractivity contribution < 1.29 is 53.3 Å². The molecule has 0 radical (unpaired) electrons. The number of rotatable bonds is 18. The fraction of sp³-hybridized carbons (Fsp3) is 0.333. The van der Waals surface area contributed by atoms with Gasteiger partial charge in [-0.05, 0) is 123 Å². The highest BCUT2D eigenvalue weighted by Gasteiger charge is 2.44. The molecule has 0 fully saturated rings. The molecule has 0 aromatic heterocycles. The maximum absolute atomic E-state index is 14.1. The predicted molar refractivity (Wildman–Crippen MR) is 223 cm³/mol. The van der Waals surface area contributed by atoms with E-state index in [1.165, 1.54) is 44.2 Å². The van der Waals surface area contributed by atoms with Crippen molar-refractivity contribution in [3.8, 4) is 22.3 Å². The van der Waals surface area contributed by atoms with Gasteiger partial charge in [-0.2, -0.15) is 0 Å². The summed E-state index contributed by atoms with van der Waals surface area (Å²) < 4.78 is 28.1. The number of carboxylic acid groups (broad SMARTS) is 3. The lowest BCUT2D eigenvalue weighted by Crippen LogP contribution is -2.43. The van der Waals surface area contributed by atoms with Crippen LogP contribution in [0.25, 0.3) is 22.3 Å². The van der Waals surface area contributed by atoms with Crippen LogP contribution in [0.15, 0.2) is 84.9 Å². The van der Waals surface area contributed by atoms with Crippen LogP contribution in [0.5, 0.6) is 0 Å². The summed E-state index contributed by atoms with van der Waals surface area (Å²) >= 11 is 11.9. The molecular formula is C42H47B2Cl2F2NO9. The van der Waals surface area contributed by atoms with E-state index in [0.29, 0.717) is 51.5 Å². The molecule has 4 aromatic carbocycles. The molecule has 0 bridgehead atoms. The molecule has 0 saturated carbocycles. The van der Waals surface area contributed by atoms with Crippen LogP contribution in [0.4, 0.5) is 8.78 Å². The number of carboxylic acids is 3. The fourth-order valence-electron chi connectivity index (χ4n) is 6.90. The number of carbonyl (C=O) groups excluding carboxylic acids is 1. The van der Waals surface area contributed by atoms with Crippen LogP contribution in [-0.4, -0.2) is 63.0 Å². The molecule has 7 N–H and O–H groups in total. The summed E-state index contributed by atoms with van der Waals surface area (Å²) in [6.45, 7) is 4.31. The molecule has 0 aliphatic carbocycles. The van der Waals surface area contributed by atoms with E-state index in [1.807, 2.05) is 12.1 Å². The number of hydrogen-bond donors (Lipinski definition) is 6. The first-order chi connectivity index (χ1) is 27.0. The zero-order chi connectivity index (χ0) is 43.5. The lowest BCUT2D eigenvalue weighted by Gasteiger charge is -2.27. The average molecular weight is 840 g/mol. The van der Waals surface area contributed by atoms with Gasteiger partial charge in [0, 0.05) is 21.2 Å². The Labute approximate surface area is 347 Å². The van der Waals surface area contributed by atoms with Crippen LogP contribution < -0.4 is 5.73 Å². The summed E-state index contributed by atoms with van der Waals surface area (Å²) in [5, 5.41) is 48.6. The van der Waals surface area contributed by atoms with Gasteiger partial charge in [0.05, 0.1) is 0 Å². The summed E-state index contributed by atoms with van der Waals surface area (Å²) in [5.41, 5.74) is 5.43. The van der Waals surface area contributed by atoms with Crippen molar-refractivity contribution in [2.45, 2.75) is 65.8 Å². The van der Waals surface area contributed by atoms with Crippen LogP contribution in [0, 0.1) is 34.3 Å². The summed E-state index contributed by atoms with van der Waals surface area (Å²) in [5.74, 6) is -6.43. The Morgan fingerprint density at radius 2 is 0.948 bits per heavy atom. The molecule has 308 valence electrons. The molecule has 3 atom stereocenters. The molecule has 0 unspecified atom stereocenters. The van der Waals surface area contributed by atoms with Crippen LogP contribution in [-0.2, 0) is 32.0 Å². The Bertz CT molecular complexity index is 1890. The fourth-order valence-corrected chi connectivity index (χ4v) is 7.25. The second-order valence-corrected chi connectivity index (χ2v) is 16.2. The Morgan fingerprint density at radius 3 is 1.24 bits per heavy atom. The number of halogens is 4. The first-order valence-electron chi connectivity index (χ1n) is 18.5. The SMILES string of the molecule is CB(O)C[C@H](Cc1ccc(-c2cc(Cl)ccc2F)cc1)CC(C)(C(=O)O)C(=O)O.CB(O)C[C@H](Cc1ccc(-c2cc(Cl)ccc2F)cc1)C[C@@](C)(C(N)=O)C(=O)O. The predicted octanol–water partition coefficient (Wildman–Crippen LogP) is 8.37. The van der Waals surface area contributed by atoms with Crippen LogP contribution in [0.1, 0.15) is 37.8 Å². The van der Waals surface area contributed by atoms with E-state index in [1.54, 1.807) is 56.1 Å². The van der Waals surface area contributed by atoms with Crippen molar-refractivity contribution in [3.63, 3.8) is 0 Å². The van der Waals surface area contributed by atoms with Crippen molar-refractivity contribution in [1.29, 1.82) is 0 Å². The third-order valence-corrected chi connectivity index (χ3v) is 10.6. The molecule has 0 heterocycles. The number of nitrogens with two attached hydrogens (primary N) is 1. The van der Waals surface area contributed by atoms with Gasteiger partial charge < -0.3 is 31.1 Å². The molecule has 0 saturated heterocycles. The highest BCUT2D eigenvalue weighted by molar-refractivity contribution is 6.48. The van der Waals surface area contributed by atoms with E-state index in [9.17, 15) is 53.3 Å². The van der Waals surface area contributed by atoms with E-state index < -0.39 is 54.3 Å². The third-order valence-electron chi connectivity index (χ3n) is 10.1. The standard InChI is InChI=1S/C21H24BClFNO4.C21H23BClFO5/c2*1-21(19(25)26,20(27)28)11-14(12-22(2)29)9-13-3-5-15(6-4-13)17-10-16(23)7-8-18(17)24/h3-8,10,14,29H,9,11-12H2,1-2H3,(H2,25,26)(H,27,28);3-8,10,14,29H,9,11-12H2,1-2H3,(H,25,26)(H,27,28)/t14-,21+;14-/m11/s1. The average Bonchev–Trinajstić information content (AvgIpc) is 3.13. The Morgan fingerprint density at radius 1 is 0.621 bits per heavy atom. The largest absolute Gasteiger partial charge is 0.480 e. The number of carbonyl (C=O) groups is 4. The highest BCUT2D eigenvalue weighted by atomic mass is 35.5. The molecule has 4 aromatic rings. The van der Waals surface area contributed by atoms with Gasteiger partial charge in [0.15, 0.2) is 5.41 Å². The van der Waals surface area contributed by atoms with Gasteiger partial charge >= 0.3 is 17.9 Å². The molecule has 10 nitrogen and oxygen atoms in total. The van der Waals surface area contributed by atoms with Crippen molar-refractivity contribution in [2.75, 3.05) is 0 Å². The topological polar surface area (TPSA) is 195 Å². The molecule has 0 spiro atoms. The summed E-state index contributed by atoms with van der Waals surface area (Å²) in [4.78, 5) is 46.3. The minimum absolute atomic E-state index is 0.00718. The summed E-state index contributed by atoms with van der Waals surface area (Å²) in [6.07, 6.45) is 1.31. The number of aliphatic carboxylic acids is 3. The molecule has 58 heavy (non-hydrogen) atoms. The number of amides is 1. The van der Waals surface area contributed by atoms with Crippen molar-refractivity contribution in [1.82, 2.24) is 0 Å². The monoisotopic (exact) mass is 839 g/mol. The molecule has 1 amide bonds. The minimum Gasteiger partial charge on any atom is -0.480 e. The van der Waals surface area contributed by atoms with Crippen molar-refractivity contribution >= 4 is 60.8 Å². The second-order valence-electron chi connectivity index (χ2n) is 15.3. The molecule has 16 heteroatoms. The first kappa shape index (κ1) is 47.6. The van der Waals surface area contributed by atoms with Gasteiger partial charge in [-0.3, -0.25) is 19.2 Å². The summed E-state index contributed by atoms with van der Waals surface area (Å²) in [6, 6.07) is 22.8. The Balaban J connectivity index is 0.000000310. The number of primary amides is 1. The van der Waals surface area contributed by atoms with Gasteiger partial charge in [0.2, 0.25) is 5.91 Å². The van der Waals surface area contributed by atoms with Crippen LogP contribution in [0.2, 0.25) is 36.3 Å². The number of benzene rings is 4. The molecule has 0 aliphatic heterocycles. The lowest BCUT2D eigenvalue weighted by atomic mass is 9.60. The quantitative estimate of drug-likeness (QED) is 0.0422. The number of hydrogen-bond acceptors (Lipinski definition) is 6. The smallest absolute Gasteiger partial charge is 0.320 e. The maximum Gasteiger partial charge on any atom is 0.320 e.